The normalized spacial score (nSPS) is 10.1. The van der Waals surface area contributed by atoms with Crippen molar-refractivity contribution in [3.8, 4) is 0 Å². The summed E-state index contributed by atoms with van der Waals surface area (Å²) in [5, 5.41) is 13.5. The van der Waals surface area contributed by atoms with E-state index in [0.717, 1.165) is 0 Å². The van der Waals surface area contributed by atoms with E-state index in [0.29, 0.717) is 15.7 Å². The molecular formula is C13H10BrN3O3. The first-order valence-corrected chi connectivity index (χ1v) is 6.44. The van der Waals surface area contributed by atoms with Gasteiger partial charge in [0.05, 0.1) is 10.5 Å². The van der Waals surface area contributed by atoms with Gasteiger partial charge in [-0.25, -0.2) is 0 Å². The second-order valence-electron chi connectivity index (χ2n) is 4.05. The molecular weight excluding hydrogens is 326 g/mol. The Morgan fingerprint density at radius 1 is 1.35 bits per heavy atom. The molecule has 0 radical (unpaired) electrons. The summed E-state index contributed by atoms with van der Waals surface area (Å²) in [5.41, 5.74) is 1.33. The van der Waals surface area contributed by atoms with Crippen LogP contribution in [0.5, 0.6) is 0 Å². The minimum atomic E-state index is -0.534. The van der Waals surface area contributed by atoms with E-state index in [2.05, 4.69) is 26.2 Å². The lowest BCUT2D eigenvalue weighted by Crippen LogP contribution is -2.14. The summed E-state index contributed by atoms with van der Waals surface area (Å²) < 4.78 is 0.520. The average molecular weight is 336 g/mol. The summed E-state index contributed by atoms with van der Waals surface area (Å²) in [5.74, 6) is -0.405. The summed E-state index contributed by atoms with van der Waals surface area (Å²) in [6.07, 6.45) is 3.09. The largest absolute Gasteiger partial charge is 0.322 e. The molecule has 1 N–H and O–H groups in total. The number of amides is 1. The number of non-ortho nitro benzene ring substituents is 1. The van der Waals surface area contributed by atoms with E-state index >= 15 is 0 Å². The average Bonchev–Trinajstić information content (AvgIpc) is 2.42. The van der Waals surface area contributed by atoms with Gasteiger partial charge >= 0.3 is 0 Å². The van der Waals surface area contributed by atoms with Crippen LogP contribution in [0.25, 0.3) is 0 Å². The number of carbonyl (C=O) groups excluding carboxylic acids is 1. The Labute approximate surface area is 123 Å². The molecule has 102 valence electrons. The molecule has 0 aliphatic heterocycles. The van der Waals surface area contributed by atoms with E-state index in [-0.39, 0.29) is 11.3 Å². The Kier molecular flexibility index (Phi) is 4.09. The van der Waals surface area contributed by atoms with E-state index < -0.39 is 10.8 Å². The highest BCUT2D eigenvalue weighted by Gasteiger charge is 2.17. The van der Waals surface area contributed by atoms with Gasteiger partial charge in [0.1, 0.15) is 0 Å². The third kappa shape index (κ3) is 3.00. The zero-order valence-electron chi connectivity index (χ0n) is 10.5. The summed E-state index contributed by atoms with van der Waals surface area (Å²) in [6.45, 7) is 1.72. The Bertz CT molecular complexity index is 674. The number of nitro groups is 1. The van der Waals surface area contributed by atoms with Gasteiger partial charge in [-0.15, -0.1) is 0 Å². The summed E-state index contributed by atoms with van der Waals surface area (Å²) in [4.78, 5) is 26.3. The minimum absolute atomic E-state index is 0.137. The third-order valence-corrected chi connectivity index (χ3v) is 3.55. The van der Waals surface area contributed by atoms with Crippen LogP contribution in [0.3, 0.4) is 0 Å². The van der Waals surface area contributed by atoms with Crippen LogP contribution >= 0.6 is 15.9 Å². The second kappa shape index (κ2) is 5.79. The number of benzene rings is 1. The molecule has 1 heterocycles. The van der Waals surface area contributed by atoms with Crippen LogP contribution in [0, 0.1) is 17.0 Å². The SMILES string of the molecule is Cc1c(Br)cc([N+](=O)[O-])cc1C(=O)Nc1ccncc1. The van der Waals surface area contributed by atoms with E-state index in [1.807, 2.05) is 0 Å². The van der Waals surface area contributed by atoms with Crippen LogP contribution in [0.15, 0.2) is 41.1 Å². The first-order valence-electron chi connectivity index (χ1n) is 5.65. The van der Waals surface area contributed by atoms with Gasteiger partial charge in [0.25, 0.3) is 11.6 Å². The van der Waals surface area contributed by atoms with Crippen LogP contribution in [0.4, 0.5) is 11.4 Å². The quantitative estimate of drug-likeness (QED) is 0.688. The number of nitrogens with one attached hydrogen (secondary N) is 1. The van der Waals surface area contributed by atoms with Crippen molar-refractivity contribution in [3.63, 3.8) is 0 Å². The fraction of sp³-hybridized carbons (Fsp3) is 0.0769. The maximum Gasteiger partial charge on any atom is 0.271 e. The van der Waals surface area contributed by atoms with Crippen molar-refractivity contribution < 1.29 is 9.72 Å². The maximum atomic E-state index is 12.2. The fourth-order valence-electron chi connectivity index (χ4n) is 1.64. The fourth-order valence-corrected chi connectivity index (χ4v) is 2.09. The monoisotopic (exact) mass is 335 g/mol. The zero-order chi connectivity index (χ0) is 14.7. The maximum absolute atomic E-state index is 12.2. The van der Waals surface area contributed by atoms with Crippen molar-refractivity contribution >= 4 is 33.2 Å². The lowest BCUT2D eigenvalue weighted by Gasteiger charge is -2.09. The molecule has 20 heavy (non-hydrogen) atoms. The van der Waals surface area contributed by atoms with Crippen LogP contribution in [-0.2, 0) is 0 Å². The van der Waals surface area contributed by atoms with Crippen molar-refractivity contribution in [1.29, 1.82) is 0 Å². The van der Waals surface area contributed by atoms with Crippen molar-refractivity contribution in [2.75, 3.05) is 5.32 Å². The Hall–Kier alpha value is -2.28. The minimum Gasteiger partial charge on any atom is -0.322 e. The standard InChI is InChI=1S/C13H10BrN3O3/c1-8-11(6-10(17(19)20)7-12(8)14)13(18)16-9-2-4-15-5-3-9/h2-7H,1H3,(H,15,16,18). The van der Waals surface area contributed by atoms with Crippen LogP contribution in [-0.4, -0.2) is 15.8 Å². The van der Waals surface area contributed by atoms with Crippen LogP contribution in [0.2, 0.25) is 0 Å². The molecule has 0 aliphatic carbocycles. The third-order valence-electron chi connectivity index (χ3n) is 2.72. The molecule has 7 heteroatoms. The van der Waals surface area contributed by atoms with E-state index in [1.54, 1.807) is 31.5 Å². The van der Waals surface area contributed by atoms with Gasteiger partial charge in [0, 0.05) is 34.7 Å². The summed E-state index contributed by atoms with van der Waals surface area (Å²) >= 11 is 3.22. The number of nitrogens with zero attached hydrogens (tertiary/aromatic N) is 2. The molecule has 0 saturated carbocycles. The van der Waals surface area contributed by atoms with E-state index in [9.17, 15) is 14.9 Å². The van der Waals surface area contributed by atoms with Gasteiger partial charge in [-0.3, -0.25) is 19.9 Å². The van der Waals surface area contributed by atoms with E-state index in [4.69, 9.17) is 0 Å². The lowest BCUT2D eigenvalue weighted by atomic mass is 10.1. The summed E-state index contributed by atoms with van der Waals surface area (Å²) in [6, 6.07) is 5.91. The molecule has 0 atom stereocenters. The number of nitro benzene ring substituents is 1. The molecule has 6 nitrogen and oxygen atoms in total. The Morgan fingerprint density at radius 2 is 2.00 bits per heavy atom. The number of anilines is 1. The second-order valence-corrected chi connectivity index (χ2v) is 4.90. The van der Waals surface area contributed by atoms with Crippen LogP contribution < -0.4 is 5.32 Å². The number of carbonyl (C=O) groups is 1. The number of hydrogen-bond donors (Lipinski definition) is 1. The van der Waals surface area contributed by atoms with Crippen LogP contribution in [0.1, 0.15) is 15.9 Å². The van der Waals surface area contributed by atoms with Crippen molar-refractivity contribution in [2.45, 2.75) is 6.92 Å². The molecule has 1 aromatic heterocycles. The molecule has 2 rings (SSSR count). The molecule has 0 saturated heterocycles. The molecule has 0 aliphatic rings. The van der Waals surface area contributed by atoms with Crippen molar-refractivity contribution in [3.05, 3.63) is 62.4 Å². The predicted octanol–water partition coefficient (Wildman–Crippen LogP) is 3.31. The number of rotatable bonds is 3. The highest BCUT2D eigenvalue weighted by molar-refractivity contribution is 9.10. The summed E-state index contributed by atoms with van der Waals surface area (Å²) in [7, 11) is 0. The molecule has 0 spiro atoms. The molecule has 0 fully saturated rings. The first-order chi connectivity index (χ1) is 9.49. The molecule has 1 aromatic carbocycles. The predicted molar refractivity (Wildman–Crippen MR) is 77.7 cm³/mol. The van der Waals surface area contributed by atoms with Gasteiger partial charge in [0.2, 0.25) is 0 Å². The van der Waals surface area contributed by atoms with Gasteiger partial charge < -0.3 is 5.32 Å². The number of halogens is 1. The molecule has 2 aromatic rings. The highest BCUT2D eigenvalue weighted by atomic mass is 79.9. The van der Waals surface area contributed by atoms with E-state index in [1.165, 1.54) is 12.1 Å². The number of hydrogen-bond acceptors (Lipinski definition) is 4. The van der Waals surface area contributed by atoms with Gasteiger partial charge in [0.15, 0.2) is 0 Å². The molecule has 0 bridgehead atoms. The Morgan fingerprint density at radius 3 is 2.60 bits per heavy atom. The van der Waals surface area contributed by atoms with Gasteiger partial charge in [-0.05, 0) is 24.6 Å². The van der Waals surface area contributed by atoms with Gasteiger partial charge in [-0.1, -0.05) is 15.9 Å². The van der Waals surface area contributed by atoms with Gasteiger partial charge in [-0.2, -0.15) is 0 Å². The number of aromatic nitrogens is 1. The zero-order valence-corrected chi connectivity index (χ0v) is 12.0. The highest BCUT2D eigenvalue weighted by Crippen LogP contribution is 2.27. The number of pyridine rings is 1. The Balaban J connectivity index is 2.36. The topological polar surface area (TPSA) is 85.1 Å². The van der Waals surface area contributed by atoms with Crippen molar-refractivity contribution in [2.24, 2.45) is 0 Å². The molecule has 1 amide bonds. The first kappa shape index (κ1) is 14.1. The smallest absolute Gasteiger partial charge is 0.271 e. The molecule has 0 unspecified atom stereocenters. The van der Waals surface area contributed by atoms with Crippen molar-refractivity contribution in [1.82, 2.24) is 4.98 Å². The lowest BCUT2D eigenvalue weighted by molar-refractivity contribution is -0.385.